The fourth-order valence-corrected chi connectivity index (χ4v) is 1.80. The Morgan fingerprint density at radius 3 is 2.36 bits per heavy atom. The molecular weight excluding hydrogens is 389 g/mol. The largest absolute Gasteiger partial charge is 0.411 e. The highest BCUT2D eigenvalue weighted by Crippen LogP contribution is 2.20. The minimum absolute atomic E-state index is 0. The van der Waals surface area contributed by atoms with Gasteiger partial charge < -0.3 is 15.8 Å². The Morgan fingerprint density at radius 1 is 1.32 bits per heavy atom. The summed E-state index contributed by atoms with van der Waals surface area (Å²) >= 11 is 3.27. The topological polar surface area (TPSA) is 64.4 Å². The van der Waals surface area contributed by atoms with Gasteiger partial charge >= 0.3 is 6.18 Å². The molecule has 0 aliphatic rings. The number of hydrogen-bond acceptors (Lipinski definition) is 3. The van der Waals surface area contributed by atoms with E-state index < -0.39 is 24.2 Å². The summed E-state index contributed by atoms with van der Waals surface area (Å²) in [5.41, 5.74) is 5.29. The third-order valence-electron chi connectivity index (χ3n) is 2.71. The van der Waals surface area contributed by atoms with Crippen LogP contribution in [0, 0.1) is 0 Å². The van der Waals surface area contributed by atoms with Crippen molar-refractivity contribution in [1.82, 2.24) is 5.32 Å². The minimum Gasteiger partial charge on any atom is -0.370 e. The molecule has 0 aliphatic heterocycles. The average molecular weight is 406 g/mol. The van der Waals surface area contributed by atoms with E-state index in [4.69, 9.17) is 5.73 Å². The fourth-order valence-electron chi connectivity index (χ4n) is 1.54. The SMILES string of the molecule is CC(N)(C(=O)NCCOCC(F)(F)F)c1ccc(Br)cc1.Cl. The van der Waals surface area contributed by atoms with Gasteiger partial charge in [0, 0.05) is 11.0 Å². The number of carbonyl (C=O) groups is 1. The normalized spacial score (nSPS) is 13.9. The number of nitrogens with two attached hydrogens (primary N) is 1. The van der Waals surface area contributed by atoms with Gasteiger partial charge in [-0.3, -0.25) is 4.79 Å². The second kappa shape index (κ2) is 8.71. The molecule has 0 fully saturated rings. The first-order chi connectivity index (χ1) is 9.63. The van der Waals surface area contributed by atoms with Crippen LogP contribution in [-0.2, 0) is 15.1 Å². The van der Waals surface area contributed by atoms with E-state index in [9.17, 15) is 18.0 Å². The molecule has 1 aromatic rings. The standard InChI is InChI=1S/C13H16BrF3N2O2.ClH/c1-12(18,9-2-4-10(14)5-3-9)11(20)19-6-7-21-8-13(15,16)17;/h2-5H,6-8,18H2,1H3,(H,19,20);1H. The van der Waals surface area contributed by atoms with Gasteiger partial charge in [-0.05, 0) is 24.6 Å². The Morgan fingerprint density at radius 2 is 1.86 bits per heavy atom. The highest BCUT2D eigenvalue weighted by molar-refractivity contribution is 9.10. The molecule has 4 nitrogen and oxygen atoms in total. The summed E-state index contributed by atoms with van der Waals surface area (Å²) in [6, 6.07) is 6.90. The van der Waals surface area contributed by atoms with Crippen LogP contribution in [0.5, 0.6) is 0 Å². The Bertz CT molecular complexity index is 481. The highest BCUT2D eigenvalue weighted by Gasteiger charge is 2.30. The number of alkyl halides is 3. The molecular formula is C13H17BrClF3N2O2. The molecule has 1 atom stereocenters. The third-order valence-corrected chi connectivity index (χ3v) is 3.24. The summed E-state index contributed by atoms with van der Waals surface area (Å²) in [6.07, 6.45) is -4.37. The van der Waals surface area contributed by atoms with Crippen molar-refractivity contribution >= 4 is 34.2 Å². The second-order valence-corrected chi connectivity index (χ2v) is 5.55. The number of benzene rings is 1. The van der Waals surface area contributed by atoms with E-state index in [0.717, 1.165) is 4.47 Å². The van der Waals surface area contributed by atoms with E-state index in [0.29, 0.717) is 5.56 Å². The van der Waals surface area contributed by atoms with E-state index in [1.165, 1.54) is 6.92 Å². The zero-order chi connectivity index (χ0) is 16.1. The van der Waals surface area contributed by atoms with E-state index in [1.807, 2.05) is 0 Å². The predicted molar refractivity (Wildman–Crippen MR) is 82.8 cm³/mol. The average Bonchev–Trinajstić information content (AvgIpc) is 2.37. The van der Waals surface area contributed by atoms with Crippen LogP contribution in [0.3, 0.4) is 0 Å². The maximum atomic E-state index is 12.0. The molecule has 22 heavy (non-hydrogen) atoms. The molecule has 1 amide bonds. The molecule has 1 unspecified atom stereocenters. The van der Waals surface area contributed by atoms with Crippen molar-refractivity contribution in [2.75, 3.05) is 19.8 Å². The molecule has 0 aromatic heterocycles. The zero-order valence-electron chi connectivity index (χ0n) is 11.7. The fraction of sp³-hybridized carbons (Fsp3) is 0.462. The monoisotopic (exact) mass is 404 g/mol. The molecule has 0 spiro atoms. The quantitative estimate of drug-likeness (QED) is 0.715. The highest BCUT2D eigenvalue weighted by atomic mass is 79.9. The van der Waals surface area contributed by atoms with Crippen LogP contribution in [-0.4, -0.2) is 31.8 Å². The van der Waals surface area contributed by atoms with Gasteiger partial charge in [0.05, 0.1) is 6.61 Å². The summed E-state index contributed by atoms with van der Waals surface area (Å²) in [5.74, 6) is -0.486. The van der Waals surface area contributed by atoms with Crippen LogP contribution in [0.15, 0.2) is 28.7 Å². The van der Waals surface area contributed by atoms with Gasteiger partial charge in [0.25, 0.3) is 0 Å². The number of rotatable bonds is 6. The Kier molecular flexibility index (Phi) is 8.38. The Balaban J connectivity index is 0.00000441. The number of carbonyl (C=O) groups excluding carboxylic acids is 1. The summed E-state index contributed by atoms with van der Waals surface area (Å²) < 4.78 is 40.8. The van der Waals surface area contributed by atoms with Crippen molar-refractivity contribution in [2.24, 2.45) is 5.73 Å². The molecule has 0 aliphatic carbocycles. The van der Waals surface area contributed by atoms with Gasteiger partial charge in [-0.25, -0.2) is 0 Å². The molecule has 126 valence electrons. The van der Waals surface area contributed by atoms with Gasteiger partial charge in [-0.15, -0.1) is 12.4 Å². The Hall–Kier alpha value is -0.830. The lowest BCUT2D eigenvalue weighted by Crippen LogP contribution is -2.49. The van der Waals surface area contributed by atoms with Crippen LogP contribution in [0.4, 0.5) is 13.2 Å². The lowest BCUT2D eigenvalue weighted by Gasteiger charge is -2.24. The minimum atomic E-state index is -4.37. The summed E-state index contributed by atoms with van der Waals surface area (Å²) in [7, 11) is 0. The molecule has 3 N–H and O–H groups in total. The molecule has 1 rings (SSSR count). The lowest BCUT2D eigenvalue weighted by molar-refractivity contribution is -0.173. The number of hydrogen-bond donors (Lipinski definition) is 2. The van der Waals surface area contributed by atoms with Crippen LogP contribution in [0.25, 0.3) is 0 Å². The van der Waals surface area contributed by atoms with Gasteiger partial charge in [0.2, 0.25) is 5.91 Å². The zero-order valence-corrected chi connectivity index (χ0v) is 14.1. The summed E-state index contributed by atoms with van der Waals surface area (Å²) in [6.45, 7) is -0.0858. The van der Waals surface area contributed by atoms with Crippen LogP contribution >= 0.6 is 28.3 Å². The molecule has 0 saturated heterocycles. The Labute approximate surface area is 141 Å². The van der Waals surface area contributed by atoms with E-state index in [-0.39, 0.29) is 25.6 Å². The molecule has 0 saturated carbocycles. The molecule has 0 heterocycles. The van der Waals surface area contributed by atoms with E-state index >= 15 is 0 Å². The maximum Gasteiger partial charge on any atom is 0.411 e. The van der Waals surface area contributed by atoms with Crippen molar-refractivity contribution in [1.29, 1.82) is 0 Å². The van der Waals surface area contributed by atoms with Crippen molar-refractivity contribution in [3.8, 4) is 0 Å². The van der Waals surface area contributed by atoms with Crippen LogP contribution in [0.2, 0.25) is 0 Å². The smallest absolute Gasteiger partial charge is 0.370 e. The van der Waals surface area contributed by atoms with Crippen LogP contribution < -0.4 is 11.1 Å². The second-order valence-electron chi connectivity index (χ2n) is 4.63. The van der Waals surface area contributed by atoms with Crippen LogP contribution in [0.1, 0.15) is 12.5 Å². The molecule has 9 heteroatoms. The number of nitrogens with one attached hydrogen (secondary N) is 1. The van der Waals surface area contributed by atoms with Crippen molar-refractivity contribution < 1.29 is 22.7 Å². The van der Waals surface area contributed by atoms with E-state index in [1.54, 1.807) is 24.3 Å². The van der Waals surface area contributed by atoms with Gasteiger partial charge in [0.15, 0.2) is 0 Å². The molecule has 0 radical (unpaired) electrons. The lowest BCUT2D eigenvalue weighted by atomic mass is 9.92. The van der Waals surface area contributed by atoms with Gasteiger partial charge in [0.1, 0.15) is 12.1 Å². The van der Waals surface area contributed by atoms with Gasteiger partial charge in [-0.2, -0.15) is 13.2 Å². The van der Waals surface area contributed by atoms with E-state index in [2.05, 4.69) is 26.0 Å². The number of halogens is 5. The third kappa shape index (κ3) is 6.95. The van der Waals surface area contributed by atoms with Crippen molar-refractivity contribution in [3.63, 3.8) is 0 Å². The first-order valence-corrected chi connectivity index (χ1v) is 6.90. The number of ether oxygens (including phenoxy) is 1. The molecule has 1 aromatic carbocycles. The number of amides is 1. The predicted octanol–water partition coefficient (Wildman–Crippen LogP) is 2.74. The van der Waals surface area contributed by atoms with Crippen molar-refractivity contribution in [2.45, 2.75) is 18.6 Å². The maximum absolute atomic E-state index is 12.0. The van der Waals surface area contributed by atoms with Crippen molar-refractivity contribution in [3.05, 3.63) is 34.3 Å². The summed E-state index contributed by atoms with van der Waals surface area (Å²) in [4.78, 5) is 12.0. The first-order valence-electron chi connectivity index (χ1n) is 6.10. The molecule has 0 bridgehead atoms. The van der Waals surface area contributed by atoms with Gasteiger partial charge in [-0.1, -0.05) is 28.1 Å². The first kappa shape index (κ1) is 21.2. The summed E-state index contributed by atoms with van der Waals surface area (Å²) in [5, 5.41) is 2.45.